The predicted octanol–water partition coefficient (Wildman–Crippen LogP) is 7.01. The molecule has 3 rings (SSSR count). The number of amides is 1. The zero-order valence-corrected chi connectivity index (χ0v) is 23.0. The van der Waals surface area contributed by atoms with E-state index in [2.05, 4.69) is 24.6 Å². The fourth-order valence-corrected chi connectivity index (χ4v) is 6.81. The maximum Gasteiger partial charge on any atom is 0.415 e. The van der Waals surface area contributed by atoms with E-state index in [-0.39, 0.29) is 17.2 Å². The molecule has 1 amide bonds. The van der Waals surface area contributed by atoms with E-state index in [0.717, 1.165) is 17.0 Å². The van der Waals surface area contributed by atoms with Gasteiger partial charge in [-0.15, -0.1) is 0 Å². The lowest BCUT2D eigenvalue weighted by Gasteiger charge is -2.42. The molecule has 0 bridgehead atoms. The minimum atomic E-state index is -2.81. The monoisotopic (exact) mass is 534 g/mol. The van der Waals surface area contributed by atoms with Gasteiger partial charge >= 0.3 is 6.09 Å². The summed E-state index contributed by atoms with van der Waals surface area (Å²) in [6.45, 7) is 13.7. The van der Waals surface area contributed by atoms with Crippen LogP contribution in [0.4, 0.5) is 22.4 Å². The van der Waals surface area contributed by atoms with Crippen LogP contribution < -0.4 is 0 Å². The molecule has 35 heavy (non-hydrogen) atoms. The van der Waals surface area contributed by atoms with Gasteiger partial charge in [-0.3, -0.25) is 4.99 Å². The number of aliphatic imine (C=N–C) groups is 1. The molecule has 196 valence electrons. The number of amidine groups is 1. The van der Waals surface area contributed by atoms with E-state index >= 15 is 0 Å². The first kappa shape index (κ1) is 28.0. The van der Waals surface area contributed by atoms with Gasteiger partial charge in [-0.1, -0.05) is 64.3 Å². The maximum absolute atomic E-state index is 14.9. The van der Waals surface area contributed by atoms with E-state index in [1.807, 2.05) is 0 Å². The maximum atomic E-state index is 14.9. The third kappa shape index (κ3) is 5.41. The Morgan fingerprint density at radius 1 is 1.31 bits per heavy atom. The summed E-state index contributed by atoms with van der Waals surface area (Å²) in [6.07, 6.45) is -5.24. The molecule has 1 aromatic carbocycles. The van der Waals surface area contributed by atoms with Gasteiger partial charge < -0.3 is 9.84 Å². The number of alkyl halides is 2. The van der Waals surface area contributed by atoms with Crippen LogP contribution in [0, 0.1) is 23.0 Å². The fourth-order valence-electron chi connectivity index (χ4n) is 4.52. The highest BCUT2D eigenvalue weighted by atomic mass is 32.2. The van der Waals surface area contributed by atoms with Crippen molar-refractivity contribution in [1.29, 1.82) is 0 Å². The summed E-state index contributed by atoms with van der Waals surface area (Å²) in [5.41, 5.74) is -2.46. The third-order valence-corrected chi connectivity index (χ3v) is 9.81. The SMILES string of the molecule is CC(C)(C)C(OCC[Si](C)(C)C)N(C(=O)O)C1=N[C@](C)(c2cccc(F)c2F)[C@@H]2C[C@]2(C(F)F)S1. The summed E-state index contributed by atoms with van der Waals surface area (Å²) < 4.78 is 62.1. The van der Waals surface area contributed by atoms with Crippen molar-refractivity contribution in [2.75, 3.05) is 6.61 Å². The minimum absolute atomic E-state index is 0.00108. The lowest BCUT2D eigenvalue weighted by atomic mass is 9.85. The van der Waals surface area contributed by atoms with Crippen LogP contribution in [0.15, 0.2) is 23.2 Å². The quantitative estimate of drug-likeness (QED) is 0.232. The summed E-state index contributed by atoms with van der Waals surface area (Å²) >= 11 is 0.700. The molecule has 0 radical (unpaired) electrons. The number of ether oxygens (including phenoxy) is 1. The number of carboxylic acid groups (broad SMARTS) is 1. The molecule has 11 heteroatoms. The molecule has 5 nitrogen and oxygen atoms in total. The molecule has 4 atom stereocenters. The lowest BCUT2D eigenvalue weighted by molar-refractivity contribution is -0.0761. The van der Waals surface area contributed by atoms with Gasteiger partial charge in [-0.25, -0.2) is 27.3 Å². The smallest absolute Gasteiger partial charge is 0.415 e. The Morgan fingerprint density at radius 2 is 1.94 bits per heavy atom. The van der Waals surface area contributed by atoms with Crippen LogP contribution in [0.25, 0.3) is 0 Å². The number of rotatable bonds is 7. The van der Waals surface area contributed by atoms with Gasteiger partial charge in [0, 0.05) is 31.6 Å². The first-order chi connectivity index (χ1) is 15.9. The minimum Gasteiger partial charge on any atom is -0.465 e. The van der Waals surface area contributed by atoms with E-state index < -0.39 is 60.1 Å². The standard InChI is InChI=1S/C24H34F4N2O3SSi/c1-22(2,3)19(33-11-12-35(5,6)7)30(21(31)32)20-29-23(4,14-9-8-10-15(25)17(14)26)16-13-24(16,34-20)18(27)28/h8-10,16,18-19H,11-13H2,1-7H3,(H,31,32)/t16-,19?,23+,24-/m0/s1. The van der Waals surface area contributed by atoms with Crippen LogP contribution in [0.3, 0.4) is 0 Å². The summed E-state index contributed by atoms with van der Waals surface area (Å²) in [7, 11) is -1.50. The second kappa shape index (κ2) is 9.37. The molecule has 0 spiro atoms. The largest absolute Gasteiger partial charge is 0.465 e. The molecule has 1 N–H and O–H groups in total. The molecule has 1 aliphatic carbocycles. The Hall–Kier alpha value is -1.59. The number of halogens is 4. The van der Waals surface area contributed by atoms with Crippen molar-refractivity contribution < 1.29 is 32.2 Å². The van der Waals surface area contributed by atoms with Crippen molar-refractivity contribution in [1.82, 2.24) is 4.90 Å². The lowest BCUT2D eigenvalue weighted by Crippen LogP contribution is -2.53. The Labute approximate surface area is 209 Å². The van der Waals surface area contributed by atoms with Gasteiger partial charge in [0.1, 0.15) is 6.23 Å². The predicted molar refractivity (Wildman–Crippen MR) is 133 cm³/mol. The number of thioether (sulfide) groups is 1. The van der Waals surface area contributed by atoms with Crippen LogP contribution in [0.1, 0.15) is 39.7 Å². The number of carbonyl (C=O) groups is 1. The highest BCUT2D eigenvalue weighted by molar-refractivity contribution is 8.15. The Bertz CT molecular complexity index is 1010. The van der Waals surface area contributed by atoms with E-state index in [1.165, 1.54) is 19.1 Å². The highest BCUT2D eigenvalue weighted by Crippen LogP contribution is 2.69. The Morgan fingerprint density at radius 3 is 2.46 bits per heavy atom. The van der Waals surface area contributed by atoms with Gasteiger partial charge in [0.05, 0.1) is 10.3 Å². The van der Waals surface area contributed by atoms with Gasteiger partial charge in [0.15, 0.2) is 16.8 Å². The number of hydrogen-bond acceptors (Lipinski definition) is 4. The number of nitrogens with zero attached hydrogens (tertiary/aromatic N) is 2. The number of fused-ring (bicyclic) bond motifs is 1. The summed E-state index contributed by atoms with van der Waals surface area (Å²) in [5.74, 6) is -3.06. The first-order valence-electron chi connectivity index (χ1n) is 11.6. The molecular formula is C24H34F4N2O3SSi. The molecule has 1 fully saturated rings. The summed E-state index contributed by atoms with van der Waals surface area (Å²) in [5, 5.41) is 10.0. The second-order valence-corrected chi connectivity index (χ2v) is 18.8. The fraction of sp³-hybridized carbons (Fsp3) is 0.667. The number of hydrogen-bond donors (Lipinski definition) is 1. The van der Waals surface area contributed by atoms with Crippen LogP contribution in [-0.4, -0.2) is 53.3 Å². The molecule has 1 aromatic rings. The average Bonchev–Trinajstić information content (AvgIpc) is 3.45. The zero-order chi connectivity index (χ0) is 26.6. The molecule has 1 saturated carbocycles. The van der Waals surface area contributed by atoms with Gasteiger partial charge in [0.2, 0.25) is 0 Å². The molecule has 0 saturated heterocycles. The van der Waals surface area contributed by atoms with Crippen molar-refractivity contribution in [3.8, 4) is 0 Å². The van der Waals surface area contributed by atoms with Crippen molar-refractivity contribution in [3.63, 3.8) is 0 Å². The van der Waals surface area contributed by atoms with Gasteiger partial charge in [-0.2, -0.15) is 0 Å². The molecule has 1 heterocycles. The van der Waals surface area contributed by atoms with Crippen LogP contribution in [0.2, 0.25) is 25.7 Å². The van der Waals surface area contributed by atoms with Crippen molar-refractivity contribution in [2.45, 2.75) is 82.7 Å². The second-order valence-electron chi connectivity index (χ2n) is 11.8. The van der Waals surface area contributed by atoms with Crippen molar-refractivity contribution in [2.24, 2.45) is 16.3 Å². The topological polar surface area (TPSA) is 62.1 Å². The van der Waals surface area contributed by atoms with E-state index in [0.29, 0.717) is 18.4 Å². The molecule has 1 aliphatic heterocycles. The van der Waals surface area contributed by atoms with Gasteiger partial charge in [0.25, 0.3) is 6.43 Å². The molecule has 2 aliphatic rings. The van der Waals surface area contributed by atoms with Crippen LogP contribution in [0.5, 0.6) is 0 Å². The Balaban J connectivity index is 2.12. The number of benzene rings is 1. The normalized spacial score (nSPS) is 27.3. The van der Waals surface area contributed by atoms with E-state index in [4.69, 9.17) is 4.74 Å². The first-order valence-corrected chi connectivity index (χ1v) is 16.1. The molecular weight excluding hydrogens is 500 g/mol. The molecule has 1 unspecified atom stereocenters. The summed E-state index contributed by atoms with van der Waals surface area (Å²) in [6, 6.07) is 4.35. The summed E-state index contributed by atoms with van der Waals surface area (Å²) in [4.78, 5) is 18.0. The van der Waals surface area contributed by atoms with Crippen LogP contribution in [-0.2, 0) is 10.3 Å². The van der Waals surface area contributed by atoms with E-state index in [1.54, 1.807) is 20.8 Å². The van der Waals surface area contributed by atoms with Crippen molar-refractivity contribution in [3.05, 3.63) is 35.4 Å². The van der Waals surface area contributed by atoms with Crippen molar-refractivity contribution >= 4 is 31.1 Å². The third-order valence-electron chi connectivity index (χ3n) is 6.62. The zero-order valence-electron chi connectivity index (χ0n) is 21.2. The Kier molecular flexibility index (Phi) is 7.49. The van der Waals surface area contributed by atoms with E-state index in [9.17, 15) is 27.5 Å². The van der Waals surface area contributed by atoms with Gasteiger partial charge in [-0.05, 0) is 25.5 Å². The van der Waals surface area contributed by atoms with Crippen LogP contribution >= 0.6 is 11.8 Å². The average molecular weight is 535 g/mol. The highest BCUT2D eigenvalue weighted by Gasteiger charge is 2.72. The molecule has 0 aromatic heterocycles.